The van der Waals surface area contributed by atoms with E-state index in [4.69, 9.17) is 23.8 Å². The van der Waals surface area contributed by atoms with Gasteiger partial charge in [-0.15, -0.1) is 0 Å². The van der Waals surface area contributed by atoms with E-state index in [1.807, 2.05) is 26.0 Å². The Balaban J connectivity index is 1.65. The first-order valence-electron chi connectivity index (χ1n) is 8.94. The fourth-order valence-electron chi connectivity index (χ4n) is 2.54. The number of nitrogens with one attached hydrogen (secondary N) is 3. The predicted octanol–water partition coefficient (Wildman–Crippen LogP) is 5.12. The van der Waals surface area contributed by atoms with E-state index >= 15 is 0 Å². The summed E-state index contributed by atoms with van der Waals surface area (Å²) in [5.74, 6) is -0.394. The lowest BCUT2D eigenvalue weighted by atomic mass is 10.1. The highest BCUT2D eigenvalue weighted by Gasteiger charge is 2.11. The number of thiazole rings is 1. The van der Waals surface area contributed by atoms with Crippen molar-refractivity contribution >= 4 is 73.1 Å². The number of carbonyl (C=O) groups excluding carboxylic acids is 2. The SMILES string of the molecule is CCCC(=O)Nc1nc2ccc(NC(=S)NC(=O)c3ccc(C)c(Cl)c3)cc2s1. The summed E-state index contributed by atoms with van der Waals surface area (Å²) in [4.78, 5) is 28.5. The van der Waals surface area contributed by atoms with Crippen LogP contribution in [0.5, 0.6) is 0 Å². The Labute approximate surface area is 182 Å². The molecule has 0 saturated heterocycles. The van der Waals surface area contributed by atoms with Crippen molar-refractivity contribution in [1.29, 1.82) is 0 Å². The normalized spacial score (nSPS) is 10.6. The molecule has 0 aliphatic carbocycles. The van der Waals surface area contributed by atoms with E-state index in [1.54, 1.807) is 24.3 Å². The van der Waals surface area contributed by atoms with Crippen LogP contribution >= 0.6 is 35.2 Å². The van der Waals surface area contributed by atoms with Gasteiger partial charge in [0.05, 0.1) is 10.2 Å². The molecule has 6 nitrogen and oxygen atoms in total. The molecule has 1 heterocycles. The summed E-state index contributed by atoms with van der Waals surface area (Å²) in [5, 5.41) is 9.68. The standard InChI is InChI=1S/C20H19ClN4O2S2/c1-3-4-17(26)24-20-23-15-8-7-13(10-16(15)29-20)22-19(28)25-18(27)12-6-5-11(2)14(21)9-12/h5-10H,3-4H2,1-2H3,(H,23,24,26)(H2,22,25,27,28). The Morgan fingerprint density at radius 1 is 1.17 bits per heavy atom. The molecule has 29 heavy (non-hydrogen) atoms. The number of halogens is 1. The van der Waals surface area contributed by atoms with Crippen molar-refractivity contribution < 1.29 is 9.59 Å². The smallest absolute Gasteiger partial charge is 0.257 e. The van der Waals surface area contributed by atoms with Gasteiger partial charge in [-0.3, -0.25) is 14.9 Å². The van der Waals surface area contributed by atoms with Gasteiger partial charge in [0.1, 0.15) is 0 Å². The van der Waals surface area contributed by atoms with Crippen LogP contribution in [-0.4, -0.2) is 21.9 Å². The second-order valence-corrected chi connectivity index (χ2v) is 8.22. The lowest BCUT2D eigenvalue weighted by Gasteiger charge is -2.10. The maximum atomic E-state index is 12.3. The number of amides is 2. The number of hydrogen-bond acceptors (Lipinski definition) is 5. The maximum Gasteiger partial charge on any atom is 0.257 e. The first-order valence-corrected chi connectivity index (χ1v) is 10.5. The predicted molar refractivity (Wildman–Crippen MR) is 123 cm³/mol. The molecular formula is C20H19ClN4O2S2. The molecule has 150 valence electrons. The van der Waals surface area contributed by atoms with E-state index in [9.17, 15) is 9.59 Å². The summed E-state index contributed by atoms with van der Waals surface area (Å²) in [7, 11) is 0. The second-order valence-electron chi connectivity index (χ2n) is 6.37. The van der Waals surface area contributed by atoms with Gasteiger partial charge < -0.3 is 10.6 Å². The number of thiocarbonyl (C=S) groups is 1. The number of benzene rings is 2. The van der Waals surface area contributed by atoms with Gasteiger partial charge in [0.2, 0.25) is 5.91 Å². The van der Waals surface area contributed by atoms with Gasteiger partial charge in [-0.05, 0) is 61.5 Å². The fraction of sp³-hybridized carbons (Fsp3) is 0.200. The number of anilines is 2. The lowest BCUT2D eigenvalue weighted by Crippen LogP contribution is -2.34. The van der Waals surface area contributed by atoms with Crippen molar-refractivity contribution in [2.75, 3.05) is 10.6 Å². The quantitative estimate of drug-likeness (QED) is 0.473. The molecule has 0 aliphatic rings. The van der Waals surface area contributed by atoms with Crippen LogP contribution in [0.15, 0.2) is 36.4 Å². The molecule has 0 bridgehead atoms. The fourth-order valence-corrected chi connectivity index (χ4v) is 3.85. The molecule has 3 N–H and O–H groups in total. The zero-order valence-electron chi connectivity index (χ0n) is 15.8. The number of aryl methyl sites for hydroxylation is 1. The van der Waals surface area contributed by atoms with Crippen LogP contribution in [0.3, 0.4) is 0 Å². The number of hydrogen-bond donors (Lipinski definition) is 3. The molecular weight excluding hydrogens is 428 g/mol. The lowest BCUT2D eigenvalue weighted by molar-refractivity contribution is -0.116. The molecule has 1 aromatic heterocycles. The Morgan fingerprint density at radius 2 is 1.97 bits per heavy atom. The summed E-state index contributed by atoms with van der Waals surface area (Å²) >= 11 is 12.7. The number of aromatic nitrogens is 1. The van der Waals surface area contributed by atoms with Crippen molar-refractivity contribution in [1.82, 2.24) is 10.3 Å². The topological polar surface area (TPSA) is 83.1 Å². The Kier molecular flexibility index (Phi) is 6.79. The summed E-state index contributed by atoms with van der Waals surface area (Å²) < 4.78 is 0.890. The van der Waals surface area contributed by atoms with Crippen LogP contribution < -0.4 is 16.0 Å². The van der Waals surface area contributed by atoms with E-state index < -0.39 is 0 Å². The van der Waals surface area contributed by atoms with Crippen molar-refractivity contribution in [3.63, 3.8) is 0 Å². The van der Waals surface area contributed by atoms with E-state index in [2.05, 4.69) is 20.9 Å². The van der Waals surface area contributed by atoms with E-state index in [0.29, 0.717) is 27.8 Å². The van der Waals surface area contributed by atoms with E-state index in [0.717, 1.165) is 22.2 Å². The molecule has 0 fully saturated rings. The largest absolute Gasteiger partial charge is 0.332 e. The first-order chi connectivity index (χ1) is 13.9. The van der Waals surface area contributed by atoms with Gasteiger partial charge >= 0.3 is 0 Å². The van der Waals surface area contributed by atoms with Gasteiger partial charge in [0, 0.05) is 22.7 Å². The second kappa shape index (κ2) is 9.30. The van der Waals surface area contributed by atoms with Crippen molar-refractivity contribution in [2.45, 2.75) is 26.7 Å². The molecule has 0 saturated carbocycles. The van der Waals surface area contributed by atoms with Crippen LogP contribution in [0.4, 0.5) is 10.8 Å². The van der Waals surface area contributed by atoms with Gasteiger partial charge in [0.25, 0.3) is 5.91 Å². The first kappa shape index (κ1) is 21.2. The minimum absolute atomic E-state index is 0.0509. The summed E-state index contributed by atoms with van der Waals surface area (Å²) in [6.45, 7) is 3.82. The maximum absolute atomic E-state index is 12.3. The molecule has 0 unspecified atom stereocenters. The Hall–Kier alpha value is -2.55. The Morgan fingerprint density at radius 3 is 2.69 bits per heavy atom. The highest BCUT2D eigenvalue weighted by Crippen LogP contribution is 2.28. The summed E-state index contributed by atoms with van der Waals surface area (Å²) in [5.41, 5.74) is 2.80. The molecule has 3 aromatic rings. The van der Waals surface area contributed by atoms with Crippen LogP contribution in [0.1, 0.15) is 35.7 Å². The third-order valence-electron chi connectivity index (χ3n) is 4.03. The monoisotopic (exact) mass is 446 g/mol. The number of carbonyl (C=O) groups is 2. The number of nitrogens with zero attached hydrogens (tertiary/aromatic N) is 1. The van der Waals surface area contributed by atoms with Crippen molar-refractivity contribution in [3.8, 4) is 0 Å². The van der Waals surface area contributed by atoms with Gasteiger partial charge in [0.15, 0.2) is 10.2 Å². The highest BCUT2D eigenvalue weighted by molar-refractivity contribution is 7.80. The third kappa shape index (κ3) is 5.50. The zero-order valence-corrected chi connectivity index (χ0v) is 18.2. The zero-order chi connectivity index (χ0) is 21.0. The van der Waals surface area contributed by atoms with Crippen molar-refractivity contribution in [2.24, 2.45) is 0 Å². The molecule has 2 amide bonds. The van der Waals surface area contributed by atoms with E-state index in [-0.39, 0.29) is 16.9 Å². The summed E-state index contributed by atoms with van der Waals surface area (Å²) in [6, 6.07) is 10.6. The van der Waals surface area contributed by atoms with Gasteiger partial charge in [-0.25, -0.2) is 4.98 Å². The molecule has 2 aromatic carbocycles. The number of fused-ring (bicyclic) bond motifs is 1. The minimum atomic E-state index is -0.343. The Bertz CT molecular complexity index is 1100. The molecule has 0 aliphatic heterocycles. The minimum Gasteiger partial charge on any atom is -0.332 e. The molecule has 0 atom stereocenters. The number of rotatable bonds is 5. The average Bonchev–Trinajstić information content (AvgIpc) is 3.05. The third-order valence-corrected chi connectivity index (χ3v) is 5.58. The highest BCUT2D eigenvalue weighted by atomic mass is 35.5. The molecule has 3 rings (SSSR count). The van der Waals surface area contributed by atoms with Crippen molar-refractivity contribution in [3.05, 3.63) is 52.5 Å². The van der Waals surface area contributed by atoms with Crippen LogP contribution in [0.25, 0.3) is 10.2 Å². The van der Waals surface area contributed by atoms with Gasteiger partial charge in [-0.2, -0.15) is 0 Å². The molecule has 0 spiro atoms. The van der Waals surface area contributed by atoms with E-state index in [1.165, 1.54) is 11.3 Å². The van der Waals surface area contributed by atoms with Crippen LogP contribution in [-0.2, 0) is 4.79 Å². The molecule has 9 heteroatoms. The molecule has 0 radical (unpaired) electrons. The van der Waals surface area contributed by atoms with Crippen LogP contribution in [0.2, 0.25) is 5.02 Å². The van der Waals surface area contributed by atoms with Crippen LogP contribution in [0, 0.1) is 6.92 Å². The average molecular weight is 447 g/mol. The summed E-state index contributed by atoms with van der Waals surface area (Å²) in [6.07, 6.45) is 1.24. The van der Waals surface area contributed by atoms with Gasteiger partial charge in [-0.1, -0.05) is 35.9 Å².